The second-order valence-electron chi connectivity index (χ2n) is 6.27. The molecule has 0 saturated heterocycles. The molecule has 1 unspecified atom stereocenters. The summed E-state index contributed by atoms with van der Waals surface area (Å²) in [5.41, 5.74) is 1.60. The Hall–Kier alpha value is -0.830. The number of benzene rings is 1. The van der Waals surface area contributed by atoms with Crippen LogP contribution in [0.2, 0.25) is 4.34 Å². The maximum atomic E-state index is 5.95. The second kappa shape index (κ2) is 7.44. The van der Waals surface area contributed by atoms with E-state index in [-0.39, 0.29) is 5.41 Å². The Labute approximate surface area is 137 Å². The van der Waals surface area contributed by atoms with Gasteiger partial charge < -0.3 is 5.32 Å². The normalized spacial score (nSPS) is 13.3. The van der Waals surface area contributed by atoms with Crippen molar-refractivity contribution in [2.75, 3.05) is 6.54 Å². The summed E-state index contributed by atoms with van der Waals surface area (Å²) < 4.78 is 0.878. The maximum absolute atomic E-state index is 5.95. The standard InChI is InChI=1S/C18H24ClNS/c1-14(20-12-11-16-9-10-17(19)21-16)13-18(2,3)15-7-5-4-6-8-15/h4-10,14,20H,11-13H2,1-3H3. The molecule has 1 aromatic carbocycles. The van der Waals surface area contributed by atoms with E-state index in [0.717, 1.165) is 23.7 Å². The Morgan fingerprint density at radius 2 is 1.86 bits per heavy atom. The Kier molecular flexibility index (Phi) is 5.86. The first kappa shape index (κ1) is 16.5. The van der Waals surface area contributed by atoms with E-state index in [4.69, 9.17) is 11.6 Å². The van der Waals surface area contributed by atoms with Crippen molar-refractivity contribution in [1.82, 2.24) is 5.32 Å². The molecule has 3 heteroatoms. The first-order valence-corrected chi connectivity index (χ1v) is 8.70. The summed E-state index contributed by atoms with van der Waals surface area (Å²) in [6.45, 7) is 7.91. The highest BCUT2D eigenvalue weighted by Gasteiger charge is 2.22. The molecule has 0 fully saturated rings. The van der Waals surface area contributed by atoms with Gasteiger partial charge in [-0.15, -0.1) is 11.3 Å². The lowest BCUT2D eigenvalue weighted by Gasteiger charge is -2.29. The van der Waals surface area contributed by atoms with Crippen LogP contribution in [-0.2, 0) is 11.8 Å². The molecule has 1 nitrogen and oxygen atoms in total. The van der Waals surface area contributed by atoms with Gasteiger partial charge in [-0.3, -0.25) is 0 Å². The smallest absolute Gasteiger partial charge is 0.0931 e. The molecule has 1 atom stereocenters. The zero-order valence-electron chi connectivity index (χ0n) is 13.0. The van der Waals surface area contributed by atoms with Gasteiger partial charge in [-0.25, -0.2) is 0 Å². The molecule has 0 spiro atoms. The lowest BCUT2D eigenvalue weighted by molar-refractivity contribution is 0.391. The Morgan fingerprint density at radius 1 is 1.14 bits per heavy atom. The first-order valence-electron chi connectivity index (χ1n) is 7.50. The molecule has 0 saturated carbocycles. The van der Waals surface area contributed by atoms with Crippen LogP contribution in [0.1, 0.15) is 37.6 Å². The number of nitrogens with one attached hydrogen (secondary N) is 1. The number of hydrogen-bond donors (Lipinski definition) is 1. The molecule has 0 aliphatic carbocycles. The molecule has 0 radical (unpaired) electrons. The highest BCUT2D eigenvalue weighted by Crippen LogP contribution is 2.28. The summed E-state index contributed by atoms with van der Waals surface area (Å²) in [4.78, 5) is 1.35. The molecular formula is C18H24ClNS. The average molecular weight is 322 g/mol. The minimum absolute atomic E-state index is 0.194. The predicted octanol–water partition coefficient (Wildman–Crippen LogP) is 5.29. The van der Waals surface area contributed by atoms with Crippen LogP contribution in [0.3, 0.4) is 0 Å². The molecule has 0 aliphatic rings. The van der Waals surface area contributed by atoms with Crippen molar-refractivity contribution in [3.05, 3.63) is 57.2 Å². The molecule has 0 aliphatic heterocycles. The summed E-state index contributed by atoms with van der Waals surface area (Å²) >= 11 is 7.63. The SMILES string of the molecule is CC(CC(C)(C)c1ccccc1)NCCc1ccc(Cl)s1. The number of halogens is 1. The van der Waals surface area contributed by atoms with E-state index < -0.39 is 0 Å². The second-order valence-corrected chi connectivity index (χ2v) is 8.06. The summed E-state index contributed by atoms with van der Waals surface area (Å²) in [6.07, 6.45) is 2.18. The van der Waals surface area contributed by atoms with Crippen molar-refractivity contribution in [1.29, 1.82) is 0 Å². The zero-order chi connectivity index (χ0) is 15.3. The third-order valence-corrected chi connectivity index (χ3v) is 5.16. The van der Waals surface area contributed by atoms with Crippen molar-refractivity contribution in [2.45, 2.75) is 45.1 Å². The van der Waals surface area contributed by atoms with Crippen molar-refractivity contribution in [2.24, 2.45) is 0 Å². The molecule has 2 rings (SSSR count). The fraction of sp³-hybridized carbons (Fsp3) is 0.444. The highest BCUT2D eigenvalue weighted by atomic mass is 35.5. The number of rotatable bonds is 7. The van der Waals surface area contributed by atoms with Gasteiger partial charge in [0.2, 0.25) is 0 Å². The van der Waals surface area contributed by atoms with Gasteiger partial charge in [0.1, 0.15) is 0 Å². The molecular weight excluding hydrogens is 298 g/mol. The predicted molar refractivity (Wildman–Crippen MR) is 94.6 cm³/mol. The molecule has 1 aromatic heterocycles. The molecule has 0 amide bonds. The largest absolute Gasteiger partial charge is 0.314 e. The van der Waals surface area contributed by atoms with E-state index in [1.54, 1.807) is 11.3 Å². The Bertz CT molecular complexity index is 547. The van der Waals surface area contributed by atoms with Crippen LogP contribution < -0.4 is 5.32 Å². The summed E-state index contributed by atoms with van der Waals surface area (Å²) in [6, 6.07) is 15.4. The van der Waals surface area contributed by atoms with Gasteiger partial charge in [-0.05, 0) is 42.9 Å². The zero-order valence-corrected chi connectivity index (χ0v) is 14.6. The third-order valence-electron chi connectivity index (χ3n) is 3.86. The summed E-state index contributed by atoms with van der Waals surface area (Å²) in [7, 11) is 0. The molecule has 2 aromatic rings. The van der Waals surface area contributed by atoms with Crippen LogP contribution in [0.25, 0.3) is 0 Å². The monoisotopic (exact) mass is 321 g/mol. The Balaban J connectivity index is 1.80. The maximum Gasteiger partial charge on any atom is 0.0931 e. The van der Waals surface area contributed by atoms with Gasteiger partial charge in [0.15, 0.2) is 0 Å². The van der Waals surface area contributed by atoms with Crippen LogP contribution in [0, 0.1) is 0 Å². The van der Waals surface area contributed by atoms with E-state index >= 15 is 0 Å². The lowest BCUT2D eigenvalue weighted by Crippen LogP contribution is -2.34. The van der Waals surface area contributed by atoms with Gasteiger partial charge in [-0.1, -0.05) is 55.8 Å². The van der Waals surface area contributed by atoms with Crippen LogP contribution in [0.4, 0.5) is 0 Å². The van der Waals surface area contributed by atoms with Gasteiger partial charge in [0.25, 0.3) is 0 Å². The van der Waals surface area contributed by atoms with E-state index in [2.05, 4.69) is 62.5 Å². The van der Waals surface area contributed by atoms with Crippen molar-refractivity contribution >= 4 is 22.9 Å². The van der Waals surface area contributed by atoms with Crippen LogP contribution in [0.15, 0.2) is 42.5 Å². The highest BCUT2D eigenvalue weighted by molar-refractivity contribution is 7.16. The number of hydrogen-bond acceptors (Lipinski definition) is 2. The van der Waals surface area contributed by atoms with Crippen LogP contribution in [0.5, 0.6) is 0 Å². The topological polar surface area (TPSA) is 12.0 Å². The van der Waals surface area contributed by atoms with Crippen molar-refractivity contribution in [3.63, 3.8) is 0 Å². The lowest BCUT2D eigenvalue weighted by atomic mass is 9.79. The van der Waals surface area contributed by atoms with E-state index in [1.165, 1.54) is 10.4 Å². The summed E-state index contributed by atoms with van der Waals surface area (Å²) in [5.74, 6) is 0. The number of thiophene rings is 1. The minimum atomic E-state index is 0.194. The van der Waals surface area contributed by atoms with Crippen molar-refractivity contribution < 1.29 is 0 Å². The Morgan fingerprint density at radius 3 is 2.48 bits per heavy atom. The van der Waals surface area contributed by atoms with E-state index in [0.29, 0.717) is 6.04 Å². The third kappa shape index (κ3) is 5.14. The minimum Gasteiger partial charge on any atom is -0.314 e. The first-order chi connectivity index (χ1) is 9.97. The van der Waals surface area contributed by atoms with Gasteiger partial charge in [-0.2, -0.15) is 0 Å². The molecule has 1 heterocycles. The fourth-order valence-electron chi connectivity index (χ4n) is 2.77. The molecule has 0 bridgehead atoms. The molecule has 114 valence electrons. The van der Waals surface area contributed by atoms with Gasteiger partial charge in [0.05, 0.1) is 4.34 Å². The van der Waals surface area contributed by atoms with Gasteiger partial charge in [0, 0.05) is 17.5 Å². The summed E-state index contributed by atoms with van der Waals surface area (Å²) in [5, 5.41) is 3.63. The van der Waals surface area contributed by atoms with E-state index in [9.17, 15) is 0 Å². The van der Waals surface area contributed by atoms with Crippen LogP contribution in [-0.4, -0.2) is 12.6 Å². The average Bonchev–Trinajstić information content (AvgIpc) is 2.85. The fourth-order valence-corrected chi connectivity index (χ4v) is 3.86. The van der Waals surface area contributed by atoms with Crippen molar-refractivity contribution in [3.8, 4) is 0 Å². The van der Waals surface area contributed by atoms with Gasteiger partial charge >= 0.3 is 0 Å². The van der Waals surface area contributed by atoms with Crippen LogP contribution >= 0.6 is 22.9 Å². The quantitative estimate of drug-likeness (QED) is 0.730. The molecule has 1 N–H and O–H groups in total. The molecule has 21 heavy (non-hydrogen) atoms. The van der Waals surface area contributed by atoms with E-state index in [1.807, 2.05) is 6.07 Å².